The Morgan fingerprint density at radius 3 is 2.68 bits per heavy atom. The summed E-state index contributed by atoms with van der Waals surface area (Å²) in [5, 5.41) is 9.79. The Labute approximate surface area is 239 Å². The number of hydrogen-bond acceptors (Lipinski definition) is 7. The van der Waals surface area contributed by atoms with Crippen LogP contribution in [0.3, 0.4) is 0 Å². The fourth-order valence-corrected chi connectivity index (χ4v) is 5.99. The Kier molecular flexibility index (Phi) is 7.07. The maximum Gasteiger partial charge on any atom is 0.276 e. The van der Waals surface area contributed by atoms with Gasteiger partial charge in [0, 0.05) is 23.1 Å². The standard InChI is InChI=1S/C31H26FN5O3S/c1-18-7-5-9-23(32)28(18)35-30(38)26-16-20-13-14-37(25-11-4-3-8-22(25)29(20)41-26)31(39)24-10-6-12-27(34-24)33-17-21-15-19(2)36-40-21/h3-12,15-16H,13-14,17H2,1-2H3,(H,33,34)(H,35,38). The molecule has 0 unspecified atom stereocenters. The number of thiophene rings is 1. The van der Waals surface area contributed by atoms with Gasteiger partial charge in [-0.05, 0) is 61.7 Å². The maximum absolute atomic E-state index is 14.3. The zero-order valence-corrected chi connectivity index (χ0v) is 23.2. The van der Waals surface area contributed by atoms with Gasteiger partial charge in [0.05, 0.1) is 28.5 Å². The fraction of sp³-hybridized carbons (Fsp3) is 0.161. The van der Waals surface area contributed by atoms with Crippen molar-refractivity contribution in [1.29, 1.82) is 0 Å². The predicted octanol–water partition coefficient (Wildman–Crippen LogP) is 6.62. The van der Waals surface area contributed by atoms with E-state index in [2.05, 4.69) is 20.8 Å². The summed E-state index contributed by atoms with van der Waals surface area (Å²) in [6.07, 6.45) is 0.543. The molecule has 2 amide bonds. The number of nitrogens with one attached hydrogen (secondary N) is 2. The molecule has 1 aliphatic heterocycles. The molecule has 1 aliphatic rings. The van der Waals surface area contributed by atoms with E-state index in [-0.39, 0.29) is 17.5 Å². The Bertz CT molecular complexity index is 1760. The molecule has 6 rings (SSSR count). The number of para-hydroxylation sites is 2. The molecule has 206 valence electrons. The number of halogens is 1. The van der Waals surface area contributed by atoms with Crippen molar-refractivity contribution in [2.75, 3.05) is 22.1 Å². The summed E-state index contributed by atoms with van der Waals surface area (Å²) in [6.45, 7) is 4.40. The lowest BCUT2D eigenvalue weighted by Crippen LogP contribution is -2.33. The minimum absolute atomic E-state index is 0.179. The molecular weight excluding hydrogens is 541 g/mol. The maximum atomic E-state index is 14.3. The van der Waals surface area contributed by atoms with Gasteiger partial charge in [-0.1, -0.05) is 41.6 Å². The van der Waals surface area contributed by atoms with Gasteiger partial charge >= 0.3 is 0 Å². The van der Waals surface area contributed by atoms with Crippen molar-refractivity contribution in [3.63, 3.8) is 0 Å². The number of rotatable bonds is 6. The topological polar surface area (TPSA) is 100 Å². The number of nitrogens with zero attached hydrogens (tertiary/aromatic N) is 3. The summed E-state index contributed by atoms with van der Waals surface area (Å²) in [4.78, 5) is 34.6. The monoisotopic (exact) mass is 567 g/mol. The molecule has 5 aromatic rings. The first kappa shape index (κ1) is 26.4. The zero-order chi connectivity index (χ0) is 28.5. The molecule has 0 saturated heterocycles. The number of anilines is 3. The van der Waals surface area contributed by atoms with Gasteiger partial charge in [0.25, 0.3) is 11.8 Å². The van der Waals surface area contributed by atoms with Crippen LogP contribution < -0.4 is 15.5 Å². The second-order valence-electron chi connectivity index (χ2n) is 9.77. The van der Waals surface area contributed by atoms with Crippen LogP contribution >= 0.6 is 11.3 Å². The minimum atomic E-state index is -0.475. The highest BCUT2D eigenvalue weighted by Gasteiger charge is 2.28. The van der Waals surface area contributed by atoms with E-state index in [1.165, 1.54) is 17.4 Å². The van der Waals surface area contributed by atoms with Crippen LogP contribution in [0.5, 0.6) is 0 Å². The molecule has 10 heteroatoms. The van der Waals surface area contributed by atoms with Crippen molar-refractivity contribution in [3.05, 3.63) is 112 Å². The molecule has 4 heterocycles. The summed E-state index contributed by atoms with van der Waals surface area (Å²) in [5.74, 6) is 0.158. The van der Waals surface area contributed by atoms with Crippen LogP contribution in [0.1, 0.15) is 42.7 Å². The number of carbonyl (C=O) groups excluding carboxylic acids is 2. The van der Waals surface area contributed by atoms with E-state index in [4.69, 9.17) is 4.52 Å². The van der Waals surface area contributed by atoms with E-state index >= 15 is 0 Å². The van der Waals surface area contributed by atoms with Crippen LogP contribution in [0.25, 0.3) is 10.4 Å². The lowest BCUT2D eigenvalue weighted by molar-refractivity contribution is 0.0981. The van der Waals surface area contributed by atoms with Gasteiger partial charge in [0.2, 0.25) is 0 Å². The van der Waals surface area contributed by atoms with Gasteiger partial charge in [-0.25, -0.2) is 9.37 Å². The molecule has 8 nitrogen and oxygen atoms in total. The molecule has 0 radical (unpaired) electrons. The van der Waals surface area contributed by atoms with Crippen molar-refractivity contribution in [2.45, 2.75) is 26.8 Å². The number of fused-ring (bicyclic) bond motifs is 3. The Hall–Kier alpha value is -4.83. The first-order valence-corrected chi connectivity index (χ1v) is 13.9. The highest BCUT2D eigenvalue weighted by molar-refractivity contribution is 7.17. The number of amides is 2. The van der Waals surface area contributed by atoms with E-state index in [1.54, 1.807) is 42.2 Å². The third-order valence-corrected chi connectivity index (χ3v) is 8.08. The third-order valence-electron chi connectivity index (χ3n) is 6.87. The van der Waals surface area contributed by atoms with Crippen molar-refractivity contribution < 1.29 is 18.5 Å². The number of hydrogen-bond donors (Lipinski definition) is 2. The van der Waals surface area contributed by atoms with Crippen LogP contribution in [0.15, 0.2) is 77.3 Å². The van der Waals surface area contributed by atoms with Crippen LogP contribution in [-0.4, -0.2) is 28.5 Å². The second kappa shape index (κ2) is 11.0. The Morgan fingerprint density at radius 2 is 1.88 bits per heavy atom. The van der Waals surface area contributed by atoms with E-state index in [9.17, 15) is 14.0 Å². The SMILES string of the molecule is Cc1cc(CNc2cccc(C(=O)N3CCc4cc(C(=O)Nc5c(C)cccc5F)sc4-c4ccccc43)n2)on1. The first-order valence-electron chi connectivity index (χ1n) is 13.1. The van der Waals surface area contributed by atoms with E-state index in [1.807, 2.05) is 43.3 Å². The molecular formula is C31H26FN5O3S. The lowest BCUT2D eigenvalue weighted by Gasteiger charge is -2.23. The molecule has 0 bridgehead atoms. The zero-order valence-electron chi connectivity index (χ0n) is 22.4. The van der Waals surface area contributed by atoms with Crippen LogP contribution in [0, 0.1) is 19.7 Å². The lowest BCUT2D eigenvalue weighted by atomic mass is 10.1. The molecule has 0 spiro atoms. The molecule has 0 aliphatic carbocycles. The van der Waals surface area contributed by atoms with Gasteiger partial charge in [-0.2, -0.15) is 0 Å². The van der Waals surface area contributed by atoms with Gasteiger partial charge in [-0.3, -0.25) is 9.59 Å². The van der Waals surface area contributed by atoms with Crippen molar-refractivity contribution in [3.8, 4) is 10.4 Å². The van der Waals surface area contributed by atoms with Crippen molar-refractivity contribution in [1.82, 2.24) is 10.1 Å². The van der Waals surface area contributed by atoms with Gasteiger partial charge in [0.15, 0.2) is 5.76 Å². The van der Waals surface area contributed by atoms with E-state index < -0.39 is 5.82 Å². The van der Waals surface area contributed by atoms with Crippen molar-refractivity contribution >= 4 is 40.3 Å². The van der Waals surface area contributed by atoms with Crippen LogP contribution in [0.2, 0.25) is 0 Å². The van der Waals surface area contributed by atoms with E-state index in [0.717, 1.165) is 27.4 Å². The number of benzene rings is 2. The molecule has 41 heavy (non-hydrogen) atoms. The highest BCUT2D eigenvalue weighted by Crippen LogP contribution is 2.42. The Morgan fingerprint density at radius 1 is 1.05 bits per heavy atom. The number of carbonyl (C=O) groups is 2. The smallest absolute Gasteiger partial charge is 0.276 e. The number of pyridine rings is 1. The minimum Gasteiger partial charge on any atom is -0.363 e. The molecule has 2 aromatic carbocycles. The van der Waals surface area contributed by atoms with Gasteiger partial charge in [0.1, 0.15) is 17.3 Å². The van der Waals surface area contributed by atoms with Gasteiger partial charge < -0.3 is 20.1 Å². The number of aromatic nitrogens is 2. The third kappa shape index (κ3) is 5.33. The molecule has 0 fully saturated rings. The molecule has 2 N–H and O–H groups in total. The van der Waals surface area contributed by atoms with Crippen molar-refractivity contribution in [2.24, 2.45) is 0 Å². The molecule has 3 aromatic heterocycles. The quantitative estimate of drug-likeness (QED) is 0.239. The Balaban J connectivity index is 1.25. The second-order valence-corrected chi connectivity index (χ2v) is 10.8. The fourth-order valence-electron chi connectivity index (χ4n) is 4.85. The largest absolute Gasteiger partial charge is 0.363 e. The van der Waals surface area contributed by atoms with Gasteiger partial charge in [-0.15, -0.1) is 11.3 Å². The molecule has 0 atom stereocenters. The van der Waals surface area contributed by atoms with Crippen LogP contribution in [0.4, 0.5) is 21.6 Å². The average Bonchev–Trinajstić information content (AvgIpc) is 3.57. The summed E-state index contributed by atoms with van der Waals surface area (Å²) in [5.41, 5.74) is 4.49. The summed E-state index contributed by atoms with van der Waals surface area (Å²) < 4.78 is 19.6. The number of aryl methyl sites for hydroxylation is 2. The summed E-state index contributed by atoms with van der Waals surface area (Å²) in [7, 11) is 0. The molecule has 0 saturated carbocycles. The summed E-state index contributed by atoms with van der Waals surface area (Å²) >= 11 is 1.34. The highest BCUT2D eigenvalue weighted by atomic mass is 32.1. The average molecular weight is 568 g/mol. The first-order chi connectivity index (χ1) is 19.9. The summed E-state index contributed by atoms with van der Waals surface area (Å²) in [6, 6.07) is 21.3. The predicted molar refractivity (Wildman–Crippen MR) is 157 cm³/mol. The van der Waals surface area contributed by atoms with Crippen LogP contribution in [-0.2, 0) is 13.0 Å². The van der Waals surface area contributed by atoms with E-state index in [0.29, 0.717) is 47.2 Å². The normalized spacial score (nSPS) is 12.3.